The second-order valence-electron chi connectivity index (χ2n) is 4.73. The van der Waals surface area contributed by atoms with Crippen LogP contribution in [0.2, 0.25) is 0 Å². The Hall–Kier alpha value is -1.86. The zero-order valence-electron chi connectivity index (χ0n) is 11.9. The van der Waals surface area contributed by atoms with Crippen LogP contribution in [0.1, 0.15) is 38.7 Å². The quantitative estimate of drug-likeness (QED) is 0.813. The Kier molecular flexibility index (Phi) is 6.75. The minimum Gasteiger partial charge on any atom is -0.395 e. The number of hydrogen-bond acceptors (Lipinski definition) is 2. The van der Waals surface area contributed by atoms with Crippen LogP contribution in [-0.2, 0) is 4.79 Å². The van der Waals surface area contributed by atoms with Crippen molar-refractivity contribution in [2.45, 2.75) is 33.1 Å². The van der Waals surface area contributed by atoms with Crippen LogP contribution in [0.4, 0.5) is 10.1 Å². The summed E-state index contributed by atoms with van der Waals surface area (Å²) >= 11 is 0. The zero-order valence-corrected chi connectivity index (χ0v) is 11.9. The number of rotatable bonds is 5. The standard InChI is InChI=1S/C16H20FNO2/c1-3-12(2)10-16(20)18-15-8-7-14(17)11-13(15)6-4-5-9-19/h7-8,11-12,19H,3,5,9-10H2,1-2H3,(H,18,20). The van der Waals surface area contributed by atoms with Gasteiger partial charge in [0.25, 0.3) is 0 Å². The van der Waals surface area contributed by atoms with Gasteiger partial charge in [0, 0.05) is 12.8 Å². The molecule has 0 bridgehead atoms. The fourth-order valence-electron chi connectivity index (χ4n) is 1.60. The molecule has 0 saturated carbocycles. The normalized spacial score (nSPS) is 11.4. The lowest BCUT2D eigenvalue weighted by atomic mass is 10.0. The minimum absolute atomic E-state index is 0.0436. The molecule has 0 fully saturated rings. The van der Waals surface area contributed by atoms with Crippen LogP contribution in [0.15, 0.2) is 18.2 Å². The molecule has 0 aliphatic carbocycles. The maximum atomic E-state index is 13.2. The number of halogens is 1. The van der Waals surface area contributed by atoms with Crippen molar-refractivity contribution in [3.05, 3.63) is 29.6 Å². The molecule has 0 radical (unpaired) electrons. The number of nitrogens with one attached hydrogen (secondary N) is 1. The van der Waals surface area contributed by atoms with Crippen molar-refractivity contribution in [1.82, 2.24) is 0 Å². The first kappa shape index (κ1) is 16.2. The average Bonchev–Trinajstić information content (AvgIpc) is 2.41. The third-order valence-corrected chi connectivity index (χ3v) is 2.95. The van der Waals surface area contributed by atoms with Gasteiger partial charge in [-0.2, -0.15) is 0 Å². The molecular formula is C16H20FNO2. The van der Waals surface area contributed by atoms with Crippen molar-refractivity contribution in [2.75, 3.05) is 11.9 Å². The molecule has 1 rings (SSSR count). The number of aliphatic hydroxyl groups is 1. The van der Waals surface area contributed by atoms with Gasteiger partial charge in [-0.1, -0.05) is 32.1 Å². The van der Waals surface area contributed by atoms with E-state index in [0.29, 0.717) is 30.0 Å². The van der Waals surface area contributed by atoms with E-state index in [4.69, 9.17) is 5.11 Å². The Morgan fingerprint density at radius 2 is 2.25 bits per heavy atom. The van der Waals surface area contributed by atoms with Crippen molar-refractivity contribution in [3.63, 3.8) is 0 Å². The molecule has 3 nitrogen and oxygen atoms in total. The predicted molar refractivity (Wildman–Crippen MR) is 77.7 cm³/mol. The van der Waals surface area contributed by atoms with Gasteiger partial charge in [-0.3, -0.25) is 4.79 Å². The fourth-order valence-corrected chi connectivity index (χ4v) is 1.60. The predicted octanol–water partition coefficient (Wildman–Crippen LogP) is 2.93. The molecule has 1 amide bonds. The van der Waals surface area contributed by atoms with E-state index in [9.17, 15) is 9.18 Å². The maximum absolute atomic E-state index is 13.2. The summed E-state index contributed by atoms with van der Waals surface area (Å²) in [7, 11) is 0. The van der Waals surface area contributed by atoms with Crippen LogP contribution in [0.25, 0.3) is 0 Å². The first-order valence-electron chi connectivity index (χ1n) is 6.76. The Balaban J connectivity index is 2.84. The Bertz CT molecular complexity index is 517. The van der Waals surface area contributed by atoms with Crippen LogP contribution in [0, 0.1) is 23.6 Å². The summed E-state index contributed by atoms with van der Waals surface area (Å²) in [6, 6.07) is 4.08. The van der Waals surface area contributed by atoms with Crippen molar-refractivity contribution >= 4 is 11.6 Å². The Morgan fingerprint density at radius 1 is 1.50 bits per heavy atom. The molecule has 0 aliphatic heterocycles. The largest absolute Gasteiger partial charge is 0.395 e. The number of anilines is 1. The monoisotopic (exact) mass is 277 g/mol. The van der Waals surface area contributed by atoms with Gasteiger partial charge < -0.3 is 10.4 Å². The van der Waals surface area contributed by atoms with Crippen molar-refractivity contribution < 1.29 is 14.3 Å². The van der Waals surface area contributed by atoms with Crippen LogP contribution in [0.3, 0.4) is 0 Å². The average molecular weight is 277 g/mol. The van der Waals surface area contributed by atoms with Crippen LogP contribution < -0.4 is 5.32 Å². The van der Waals surface area contributed by atoms with Gasteiger partial charge in [0.2, 0.25) is 5.91 Å². The molecule has 0 aliphatic rings. The molecule has 1 aromatic carbocycles. The third kappa shape index (κ3) is 5.41. The van der Waals surface area contributed by atoms with E-state index in [1.54, 1.807) is 0 Å². The van der Waals surface area contributed by atoms with Gasteiger partial charge in [-0.15, -0.1) is 0 Å². The lowest BCUT2D eigenvalue weighted by Crippen LogP contribution is -2.15. The number of amides is 1. The molecule has 4 heteroatoms. The first-order valence-corrected chi connectivity index (χ1v) is 6.76. The highest BCUT2D eigenvalue weighted by Crippen LogP contribution is 2.17. The van der Waals surface area contributed by atoms with E-state index in [-0.39, 0.29) is 12.5 Å². The number of carbonyl (C=O) groups excluding carboxylic acids is 1. The van der Waals surface area contributed by atoms with E-state index in [0.717, 1.165) is 6.42 Å². The number of aliphatic hydroxyl groups excluding tert-OH is 1. The summed E-state index contributed by atoms with van der Waals surface area (Å²) < 4.78 is 13.2. The van der Waals surface area contributed by atoms with Gasteiger partial charge in [0.15, 0.2) is 0 Å². The van der Waals surface area contributed by atoms with Gasteiger partial charge in [0.1, 0.15) is 5.82 Å². The summed E-state index contributed by atoms with van der Waals surface area (Å²) in [6.45, 7) is 3.99. The van der Waals surface area contributed by atoms with Gasteiger partial charge in [-0.05, 0) is 24.1 Å². The summed E-state index contributed by atoms with van der Waals surface area (Å²) in [5.41, 5.74) is 0.932. The molecule has 0 spiro atoms. The molecule has 2 N–H and O–H groups in total. The molecule has 20 heavy (non-hydrogen) atoms. The number of carbonyl (C=O) groups is 1. The topological polar surface area (TPSA) is 49.3 Å². The number of hydrogen-bond donors (Lipinski definition) is 2. The lowest BCUT2D eigenvalue weighted by molar-refractivity contribution is -0.117. The molecule has 1 unspecified atom stereocenters. The maximum Gasteiger partial charge on any atom is 0.224 e. The minimum atomic E-state index is -0.404. The molecule has 1 aromatic rings. The van der Waals surface area contributed by atoms with E-state index >= 15 is 0 Å². The lowest BCUT2D eigenvalue weighted by Gasteiger charge is -2.10. The van der Waals surface area contributed by atoms with Crippen molar-refractivity contribution in [2.24, 2.45) is 5.92 Å². The molecular weight excluding hydrogens is 257 g/mol. The summed E-state index contributed by atoms with van der Waals surface area (Å²) in [6.07, 6.45) is 1.67. The highest BCUT2D eigenvalue weighted by Gasteiger charge is 2.10. The van der Waals surface area contributed by atoms with Gasteiger partial charge >= 0.3 is 0 Å². The Labute approximate surface area is 119 Å². The second-order valence-corrected chi connectivity index (χ2v) is 4.73. The van der Waals surface area contributed by atoms with E-state index in [1.807, 2.05) is 13.8 Å². The Morgan fingerprint density at radius 3 is 2.90 bits per heavy atom. The summed E-state index contributed by atoms with van der Waals surface area (Å²) in [4.78, 5) is 11.9. The van der Waals surface area contributed by atoms with E-state index in [2.05, 4.69) is 17.2 Å². The molecule has 0 heterocycles. The third-order valence-electron chi connectivity index (χ3n) is 2.95. The smallest absolute Gasteiger partial charge is 0.224 e. The highest BCUT2D eigenvalue weighted by atomic mass is 19.1. The summed E-state index contributed by atoms with van der Waals surface area (Å²) in [5.74, 6) is 5.29. The molecule has 1 atom stereocenters. The highest BCUT2D eigenvalue weighted by molar-refractivity contribution is 5.92. The molecule has 108 valence electrons. The number of benzene rings is 1. The zero-order chi connectivity index (χ0) is 15.0. The van der Waals surface area contributed by atoms with E-state index < -0.39 is 5.82 Å². The van der Waals surface area contributed by atoms with Gasteiger partial charge in [-0.25, -0.2) is 4.39 Å². The van der Waals surface area contributed by atoms with Crippen molar-refractivity contribution in [3.8, 4) is 11.8 Å². The molecule has 0 aromatic heterocycles. The van der Waals surface area contributed by atoms with Crippen LogP contribution >= 0.6 is 0 Å². The SMILES string of the molecule is CCC(C)CC(=O)Nc1ccc(F)cc1C#CCCO. The van der Waals surface area contributed by atoms with E-state index in [1.165, 1.54) is 18.2 Å². The fraction of sp³-hybridized carbons (Fsp3) is 0.438. The summed E-state index contributed by atoms with van der Waals surface area (Å²) in [5, 5.41) is 11.5. The first-order chi connectivity index (χ1) is 9.56. The molecule has 0 saturated heterocycles. The van der Waals surface area contributed by atoms with Crippen LogP contribution in [0.5, 0.6) is 0 Å². The second kappa shape index (κ2) is 8.34. The van der Waals surface area contributed by atoms with Gasteiger partial charge in [0.05, 0.1) is 17.9 Å². The van der Waals surface area contributed by atoms with Crippen molar-refractivity contribution in [1.29, 1.82) is 0 Å². The van der Waals surface area contributed by atoms with Crippen LogP contribution in [-0.4, -0.2) is 17.6 Å².